The molecule has 0 aliphatic rings. The van der Waals surface area contributed by atoms with Crippen LogP contribution in [0, 0.1) is 0 Å². The molecule has 1 N–H and O–H groups in total. The predicted octanol–water partition coefficient (Wildman–Crippen LogP) is 2.68. The van der Waals surface area contributed by atoms with Crippen molar-refractivity contribution < 1.29 is 13.7 Å². The SMILES string of the molecule is COC(=O)Nc1cn2cc([S@](=O)c3ccccc3)ccc2n1. The number of rotatable bonds is 3. The van der Waals surface area contributed by atoms with Crippen LogP contribution >= 0.6 is 0 Å². The van der Waals surface area contributed by atoms with E-state index < -0.39 is 16.9 Å². The number of hydrogen-bond acceptors (Lipinski definition) is 4. The summed E-state index contributed by atoms with van der Waals surface area (Å²) in [4.78, 5) is 16.8. The maximum absolute atomic E-state index is 12.5. The second-order valence-corrected chi connectivity index (χ2v) is 5.94. The van der Waals surface area contributed by atoms with Crippen molar-refractivity contribution >= 4 is 28.4 Å². The van der Waals surface area contributed by atoms with Crippen molar-refractivity contribution in [2.45, 2.75) is 9.79 Å². The van der Waals surface area contributed by atoms with E-state index in [0.29, 0.717) is 16.4 Å². The maximum Gasteiger partial charge on any atom is 0.412 e. The third-order valence-electron chi connectivity index (χ3n) is 3.01. The van der Waals surface area contributed by atoms with Gasteiger partial charge in [0.25, 0.3) is 0 Å². The van der Waals surface area contributed by atoms with Crippen molar-refractivity contribution in [2.24, 2.45) is 0 Å². The van der Waals surface area contributed by atoms with Crippen LogP contribution in [0.4, 0.5) is 10.6 Å². The molecule has 0 bridgehead atoms. The number of amides is 1. The molecule has 0 unspecified atom stereocenters. The number of imidazole rings is 1. The van der Waals surface area contributed by atoms with E-state index in [-0.39, 0.29) is 0 Å². The molecule has 0 radical (unpaired) electrons. The standard InChI is InChI=1S/C15H13N3O3S/c1-21-15(19)17-13-10-18-9-12(7-8-14(18)16-13)22(20)11-5-3-2-4-6-11/h2-10H,1H3,(H,17,19)/t22-/m1/s1. The zero-order chi connectivity index (χ0) is 15.5. The molecule has 0 aliphatic carbocycles. The molecule has 2 heterocycles. The number of aromatic nitrogens is 2. The van der Waals surface area contributed by atoms with Gasteiger partial charge in [-0.25, -0.2) is 14.0 Å². The summed E-state index contributed by atoms with van der Waals surface area (Å²) < 4.78 is 18.7. The van der Waals surface area contributed by atoms with E-state index in [1.54, 1.807) is 28.9 Å². The van der Waals surface area contributed by atoms with E-state index in [9.17, 15) is 9.00 Å². The number of carbonyl (C=O) groups excluding carboxylic acids is 1. The highest BCUT2D eigenvalue weighted by molar-refractivity contribution is 7.85. The van der Waals surface area contributed by atoms with Crippen molar-refractivity contribution in [3.63, 3.8) is 0 Å². The van der Waals surface area contributed by atoms with E-state index in [2.05, 4.69) is 15.0 Å². The van der Waals surface area contributed by atoms with Crippen LogP contribution in [-0.4, -0.2) is 26.8 Å². The van der Waals surface area contributed by atoms with Gasteiger partial charge in [0, 0.05) is 11.1 Å². The van der Waals surface area contributed by atoms with Gasteiger partial charge in [-0.1, -0.05) is 18.2 Å². The molecular weight excluding hydrogens is 302 g/mol. The Bertz CT molecular complexity index is 846. The van der Waals surface area contributed by atoms with E-state index in [1.165, 1.54) is 7.11 Å². The summed E-state index contributed by atoms with van der Waals surface area (Å²) in [6, 6.07) is 12.7. The first kappa shape index (κ1) is 14.3. The lowest BCUT2D eigenvalue weighted by molar-refractivity contribution is 0.187. The second-order valence-electron chi connectivity index (χ2n) is 4.45. The van der Waals surface area contributed by atoms with Crippen LogP contribution in [0.2, 0.25) is 0 Å². The molecule has 22 heavy (non-hydrogen) atoms. The van der Waals surface area contributed by atoms with E-state index in [1.807, 2.05) is 30.3 Å². The molecule has 0 fully saturated rings. The number of nitrogens with zero attached hydrogens (tertiary/aromatic N) is 2. The summed E-state index contributed by atoms with van der Waals surface area (Å²) in [6.07, 6.45) is 2.78. The van der Waals surface area contributed by atoms with Crippen LogP contribution < -0.4 is 5.32 Å². The lowest BCUT2D eigenvalue weighted by atomic mass is 10.4. The second kappa shape index (κ2) is 5.98. The van der Waals surface area contributed by atoms with Gasteiger partial charge in [-0.05, 0) is 24.3 Å². The fraction of sp³-hybridized carbons (Fsp3) is 0.0667. The smallest absolute Gasteiger partial charge is 0.412 e. The Morgan fingerprint density at radius 1 is 1.14 bits per heavy atom. The summed E-state index contributed by atoms with van der Waals surface area (Å²) in [6.45, 7) is 0. The highest BCUT2D eigenvalue weighted by atomic mass is 32.2. The molecule has 7 heteroatoms. The monoisotopic (exact) mass is 315 g/mol. The van der Waals surface area contributed by atoms with E-state index >= 15 is 0 Å². The topological polar surface area (TPSA) is 72.7 Å². The van der Waals surface area contributed by atoms with Gasteiger partial charge >= 0.3 is 6.09 Å². The minimum Gasteiger partial charge on any atom is -0.453 e. The highest BCUT2D eigenvalue weighted by Gasteiger charge is 2.10. The third kappa shape index (κ3) is 2.84. The summed E-state index contributed by atoms with van der Waals surface area (Å²) in [7, 11) is 0.0174. The molecule has 2 aromatic heterocycles. The average molecular weight is 315 g/mol. The number of carbonyl (C=O) groups is 1. The number of benzene rings is 1. The van der Waals surface area contributed by atoms with Gasteiger partial charge in [0.1, 0.15) is 5.65 Å². The number of hydrogen-bond donors (Lipinski definition) is 1. The molecular formula is C15H13N3O3S. The summed E-state index contributed by atoms with van der Waals surface area (Å²) in [5, 5.41) is 2.49. The number of pyridine rings is 1. The lowest BCUT2D eigenvalue weighted by Gasteiger charge is -2.02. The third-order valence-corrected chi connectivity index (χ3v) is 4.38. The Morgan fingerprint density at radius 3 is 2.64 bits per heavy atom. The van der Waals surface area contributed by atoms with Crippen LogP contribution in [0.5, 0.6) is 0 Å². The van der Waals surface area contributed by atoms with Gasteiger partial charge in [-0.15, -0.1) is 0 Å². The first-order valence-electron chi connectivity index (χ1n) is 6.48. The number of methoxy groups -OCH3 is 1. The van der Waals surface area contributed by atoms with Crippen molar-refractivity contribution in [1.82, 2.24) is 9.38 Å². The van der Waals surface area contributed by atoms with Crippen LogP contribution in [0.15, 0.2) is 64.6 Å². The molecule has 3 rings (SSSR count). The molecule has 1 amide bonds. The van der Waals surface area contributed by atoms with Crippen LogP contribution in [-0.2, 0) is 15.5 Å². The molecule has 1 aromatic carbocycles. The summed E-state index contributed by atoms with van der Waals surface area (Å²) in [5.74, 6) is 0.370. The molecule has 0 saturated carbocycles. The molecule has 3 aromatic rings. The number of ether oxygens (including phenoxy) is 1. The van der Waals surface area contributed by atoms with Gasteiger partial charge < -0.3 is 9.14 Å². The normalized spacial score (nSPS) is 12.0. The molecule has 0 aliphatic heterocycles. The van der Waals surface area contributed by atoms with Crippen LogP contribution in [0.1, 0.15) is 0 Å². The first-order chi connectivity index (χ1) is 10.7. The zero-order valence-electron chi connectivity index (χ0n) is 11.7. The van der Waals surface area contributed by atoms with Crippen LogP contribution in [0.25, 0.3) is 5.65 Å². The molecule has 0 spiro atoms. The van der Waals surface area contributed by atoms with Crippen LogP contribution in [0.3, 0.4) is 0 Å². The van der Waals surface area contributed by atoms with Gasteiger partial charge in [0.05, 0.1) is 29.0 Å². The Morgan fingerprint density at radius 2 is 1.91 bits per heavy atom. The minimum atomic E-state index is -1.27. The Labute approximate surface area is 129 Å². The minimum absolute atomic E-state index is 0.370. The Hall–Kier alpha value is -2.67. The van der Waals surface area contributed by atoms with E-state index in [4.69, 9.17) is 0 Å². The van der Waals surface area contributed by atoms with Crippen molar-refractivity contribution in [1.29, 1.82) is 0 Å². The van der Waals surface area contributed by atoms with Gasteiger partial charge in [0.15, 0.2) is 5.82 Å². The lowest BCUT2D eigenvalue weighted by Crippen LogP contribution is -2.10. The zero-order valence-corrected chi connectivity index (χ0v) is 12.5. The van der Waals surface area contributed by atoms with Crippen molar-refractivity contribution in [3.05, 3.63) is 54.9 Å². The largest absolute Gasteiger partial charge is 0.453 e. The van der Waals surface area contributed by atoms with E-state index in [0.717, 1.165) is 4.90 Å². The van der Waals surface area contributed by atoms with Gasteiger partial charge in [-0.3, -0.25) is 5.32 Å². The number of anilines is 1. The molecule has 1 atom stereocenters. The quantitative estimate of drug-likeness (QED) is 0.806. The fourth-order valence-electron chi connectivity index (χ4n) is 1.98. The summed E-state index contributed by atoms with van der Waals surface area (Å²) >= 11 is 0. The van der Waals surface area contributed by atoms with Crippen molar-refractivity contribution in [3.8, 4) is 0 Å². The maximum atomic E-state index is 12.5. The highest BCUT2D eigenvalue weighted by Crippen LogP contribution is 2.18. The number of nitrogens with one attached hydrogen (secondary N) is 1. The predicted molar refractivity (Wildman–Crippen MR) is 82.3 cm³/mol. The number of fused-ring (bicyclic) bond motifs is 1. The molecule has 112 valence electrons. The van der Waals surface area contributed by atoms with Gasteiger partial charge in [-0.2, -0.15) is 0 Å². The van der Waals surface area contributed by atoms with Crippen molar-refractivity contribution in [2.75, 3.05) is 12.4 Å². The Kier molecular flexibility index (Phi) is 3.88. The fourth-order valence-corrected chi connectivity index (χ4v) is 3.05. The first-order valence-corrected chi connectivity index (χ1v) is 7.63. The molecule has 6 nitrogen and oxygen atoms in total. The summed E-state index contributed by atoms with van der Waals surface area (Å²) in [5.41, 5.74) is 0.639. The Balaban J connectivity index is 1.93. The average Bonchev–Trinajstić information content (AvgIpc) is 2.96. The van der Waals surface area contributed by atoms with Gasteiger partial charge in [0.2, 0.25) is 0 Å². The molecule has 0 saturated heterocycles.